The highest BCUT2D eigenvalue weighted by atomic mass is 35.5. The largest absolute Gasteiger partial charge is 0.324 e. The first kappa shape index (κ1) is 13.5. The lowest BCUT2D eigenvalue weighted by Gasteiger charge is -2.14. The molecule has 0 bridgehead atoms. The van der Waals surface area contributed by atoms with E-state index in [1.165, 1.54) is 18.4 Å². The Morgan fingerprint density at radius 1 is 1.19 bits per heavy atom. The Hall–Kier alpha value is -0.530. The Morgan fingerprint density at radius 3 is 2.44 bits per heavy atom. The first-order chi connectivity index (χ1) is 7.49. The molecule has 0 saturated carbocycles. The maximum Gasteiger partial charge on any atom is 0.0411 e. The van der Waals surface area contributed by atoms with Crippen LogP contribution in [-0.4, -0.2) is 0 Å². The summed E-state index contributed by atoms with van der Waals surface area (Å²) in [7, 11) is 0. The summed E-state index contributed by atoms with van der Waals surface area (Å²) in [6, 6.07) is 6.20. The molecule has 1 rings (SSSR count). The fraction of sp³-hybridized carbons (Fsp3) is 0.571. The Kier molecular flexibility index (Phi) is 5.30. The standard InChI is InChI=1S/C14H22ClN/c1-10(2)5-4-6-14(16)12-7-11(3)8-13(15)9-12/h7-10,14H,4-6,16H2,1-3H3. The second-order valence-electron chi connectivity index (χ2n) is 4.99. The van der Waals surface area contributed by atoms with Crippen LogP contribution >= 0.6 is 11.6 Å². The molecule has 0 aliphatic heterocycles. The van der Waals surface area contributed by atoms with Crippen LogP contribution < -0.4 is 5.73 Å². The molecular formula is C14H22ClN. The zero-order valence-corrected chi connectivity index (χ0v) is 11.2. The smallest absolute Gasteiger partial charge is 0.0411 e. The van der Waals surface area contributed by atoms with Crippen molar-refractivity contribution in [3.63, 3.8) is 0 Å². The van der Waals surface area contributed by atoms with Crippen molar-refractivity contribution in [1.82, 2.24) is 0 Å². The molecule has 0 fully saturated rings. The monoisotopic (exact) mass is 239 g/mol. The molecule has 1 unspecified atom stereocenters. The number of nitrogens with two attached hydrogens (primary N) is 1. The fourth-order valence-electron chi connectivity index (χ4n) is 1.89. The Morgan fingerprint density at radius 2 is 1.88 bits per heavy atom. The molecule has 16 heavy (non-hydrogen) atoms. The minimum Gasteiger partial charge on any atom is -0.324 e. The van der Waals surface area contributed by atoms with Gasteiger partial charge in [0.1, 0.15) is 0 Å². The van der Waals surface area contributed by atoms with Gasteiger partial charge in [-0.05, 0) is 42.5 Å². The van der Waals surface area contributed by atoms with E-state index in [1.54, 1.807) is 0 Å². The Balaban J connectivity index is 2.55. The third-order valence-electron chi connectivity index (χ3n) is 2.79. The summed E-state index contributed by atoms with van der Waals surface area (Å²) in [6.45, 7) is 6.54. The minimum absolute atomic E-state index is 0.121. The van der Waals surface area contributed by atoms with Crippen LogP contribution in [0.25, 0.3) is 0 Å². The number of aryl methyl sites for hydroxylation is 1. The van der Waals surface area contributed by atoms with E-state index in [1.807, 2.05) is 12.1 Å². The number of hydrogen-bond donors (Lipinski definition) is 1. The van der Waals surface area contributed by atoms with Gasteiger partial charge in [-0.1, -0.05) is 44.4 Å². The van der Waals surface area contributed by atoms with Gasteiger partial charge in [0.2, 0.25) is 0 Å². The van der Waals surface area contributed by atoms with Crippen molar-refractivity contribution in [3.8, 4) is 0 Å². The maximum absolute atomic E-state index is 6.16. The first-order valence-corrected chi connectivity index (χ1v) is 6.39. The van der Waals surface area contributed by atoms with Gasteiger partial charge in [0.25, 0.3) is 0 Å². The van der Waals surface area contributed by atoms with Crippen molar-refractivity contribution in [1.29, 1.82) is 0 Å². The van der Waals surface area contributed by atoms with Gasteiger partial charge < -0.3 is 5.73 Å². The highest BCUT2D eigenvalue weighted by molar-refractivity contribution is 6.30. The van der Waals surface area contributed by atoms with E-state index in [4.69, 9.17) is 17.3 Å². The first-order valence-electron chi connectivity index (χ1n) is 6.01. The molecule has 2 heteroatoms. The number of halogens is 1. The molecule has 0 aliphatic carbocycles. The van der Waals surface area contributed by atoms with Gasteiger partial charge in [-0.15, -0.1) is 0 Å². The summed E-state index contributed by atoms with van der Waals surface area (Å²) in [5.41, 5.74) is 8.50. The van der Waals surface area contributed by atoms with E-state index in [-0.39, 0.29) is 6.04 Å². The van der Waals surface area contributed by atoms with Crippen LogP contribution in [0.2, 0.25) is 5.02 Å². The van der Waals surface area contributed by atoms with Gasteiger partial charge in [0, 0.05) is 11.1 Å². The lowest BCUT2D eigenvalue weighted by molar-refractivity contribution is 0.505. The van der Waals surface area contributed by atoms with Crippen molar-refractivity contribution < 1.29 is 0 Å². The maximum atomic E-state index is 6.16. The van der Waals surface area contributed by atoms with Gasteiger partial charge in [-0.3, -0.25) is 0 Å². The second-order valence-corrected chi connectivity index (χ2v) is 5.43. The van der Waals surface area contributed by atoms with Gasteiger partial charge >= 0.3 is 0 Å². The zero-order valence-electron chi connectivity index (χ0n) is 10.5. The predicted octanol–water partition coefficient (Wildman–Crippen LogP) is 4.47. The summed E-state index contributed by atoms with van der Waals surface area (Å²) >= 11 is 6.02. The molecule has 1 atom stereocenters. The van der Waals surface area contributed by atoms with Crippen LogP contribution in [0.4, 0.5) is 0 Å². The van der Waals surface area contributed by atoms with Crippen LogP contribution in [0.1, 0.15) is 50.3 Å². The van der Waals surface area contributed by atoms with Crippen LogP contribution in [0.5, 0.6) is 0 Å². The molecule has 0 saturated heterocycles. The van der Waals surface area contributed by atoms with Crippen molar-refractivity contribution in [2.45, 2.75) is 46.1 Å². The van der Waals surface area contributed by atoms with Gasteiger partial charge in [-0.25, -0.2) is 0 Å². The third kappa shape index (κ3) is 4.54. The Labute approximate surface area is 104 Å². The molecule has 0 amide bonds. The molecule has 1 nitrogen and oxygen atoms in total. The van der Waals surface area contributed by atoms with Gasteiger partial charge in [-0.2, -0.15) is 0 Å². The highest BCUT2D eigenvalue weighted by Crippen LogP contribution is 2.23. The molecule has 1 aromatic carbocycles. The Bertz CT molecular complexity index is 313. The molecule has 0 heterocycles. The van der Waals surface area contributed by atoms with Crippen molar-refractivity contribution in [2.24, 2.45) is 11.7 Å². The normalized spacial score (nSPS) is 13.1. The number of hydrogen-bond acceptors (Lipinski definition) is 1. The summed E-state index contributed by atoms with van der Waals surface area (Å²) < 4.78 is 0. The molecule has 0 aliphatic rings. The summed E-state index contributed by atoms with van der Waals surface area (Å²) in [4.78, 5) is 0. The fourth-order valence-corrected chi connectivity index (χ4v) is 2.19. The van der Waals surface area contributed by atoms with Crippen LogP contribution in [0.3, 0.4) is 0 Å². The lowest BCUT2D eigenvalue weighted by Crippen LogP contribution is -2.10. The molecule has 1 aromatic rings. The third-order valence-corrected chi connectivity index (χ3v) is 3.01. The molecule has 0 aromatic heterocycles. The van der Waals surface area contributed by atoms with Crippen LogP contribution in [0, 0.1) is 12.8 Å². The minimum atomic E-state index is 0.121. The van der Waals surface area contributed by atoms with Gasteiger partial charge in [0.15, 0.2) is 0 Å². The highest BCUT2D eigenvalue weighted by Gasteiger charge is 2.07. The van der Waals surface area contributed by atoms with E-state index in [0.717, 1.165) is 22.9 Å². The molecule has 0 radical (unpaired) electrons. The molecular weight excluding hydrogens is 218 g/mol. The van der Waals surface area contributed by atoms with Crippen LogP contribution in [0.15, 0.2) is 18.2 Å². The summed E-state index contributed by atoms with van der Waals surface area (Å²) in [5, 5.41) is 0.786. The SMILES string of the molecule is Cc1cc(Cl)cc(C(N)CCCC(C)C)c1. The van der Waals surface area contributed by atoms with E-state index >= 15 is 0 Å². The van der Waals surface area contributed by atoms with E-state index in [9.17, 15) is 0 Å². The lowest BCUT2D eigenvalue weighted by atomic mass is 9.98. The number of rotatable bonds is 5. The molecule has 2 N–H and O–H groups in total. The van der Waals surface area contributed by atoms with E-state index in [0.29, 0.717) is 0 Å². The van der Waals surface area contributed by atoms with E-state index < -0.39 is 0 Å². The van der Waals surface area contributed by atoms with Gasteiger partial charge in [0.05, 0.1) is 0 Å². The van der Waals surface area contributed by atoms with Crippen LogP contribution in [-0.2, 0) is 0 Å². The molecule has 90 valence electrons. The zero-order chi connectivity index (χ0) is 12.1. The van der Waals surface area contributed by atoms with E-state index in [2.05, 4.69) is 26.8 Å². The van der Waals surface area contributed by atoms with Crippen molar-refractivity contribution in [3.05, 3.63) is 34.3 Å². The van der Waals surface area contributed by atoms with Crippen molar-refractivity contribution in [2.75, 3.05) is 0 Å². The average Bonchev–Trinajstić information content (AvgIpc) is 2.15. The second kappa shape index (κ2) is 6.27. The summed E-state index contributed by atoms with van der Waals surface area (Å²) in [5.74, 6) is 0.758. The average molecular weight is 240 g/mol. The number of benzene rings is 1. The quantitative estimate of drug-likeness (QED) is 0.806. The molecule has 0 spiro atoms. The summed E-state index contributed by atoms with van der Waals surface area (Å²) in [6.07, 6.45) is 3.47. The van der Waals surface area contributed by atoms with Crippen molar-refractivity contribution >= 4 is 11.6 Å². The predicted molar refractivity (Wildman–Crippen MR) is 71.8 cm³/mol. The topological polar surface area (TPSA) is 26.0 Å².